The van der Waals surface area contributed by atoms with Crippen LogP contribution in [0.4, 0.5) is 0 Å². The van der Waals surface area contributed by atoms with Gasteiger partial charge in [0.1, 0.15) is 0 Å². The second kappa shape index (κ2) is 7.76. The minimum atomic E-state index is -0.875. The lowest BCUT2D eigenvalue weighted by Gasteiger charge is -2.09. The van der Waals surface area contributed by atoms with Crippen LogP contribution in [0.2, 0.25) is 5.54 Å². The van der Waals surface area contributed by atoms with Crippen molar-refractivity contribution in [3.63, 3.8) is 0 Å². The summed E-state index contributed by atoms with van der Waals surface area (Å²) in [4.78, 5) is 10.4. The van der Waals surface area contributed by atoms with Crippen molar-refractivity contribution in [1.29, 1.82) is 0 Å². The number of rotatable bonds is 8. The fraction of sp³-hybridized carbons (Fsp3) is 0.700. The molecule has 1 N–H and O–H groups in total. The Balaban J connectivity index is 3.44. The van der Waals surface area contributed by atoms with Crippen LogP contribution in [-0.4, -0.2) is 27.4 Å². The Morgan fingerprint density at radius 2 is 2.29 bits per heavy atom. The molecule has 0 aromatic heterocycles. The molecule has 14 heavy (non-hydrogen) atoms. The van der Waals surface area contributed by atoms with Gasteiger partial charge in [-0.15, -0.1) is 0 Å². The molecule has 0 saturated carbocycles. The summed E-state index contributed by atoms with van der Waals surface area (Å²) in [6.45, 7) is 8.48. The molecule has 0 aliphatic carbocycles. The number of carboxylic acid groups (broad SMARTS) is 1. The van der Waals surface area contributed by atoms with Gasteiger partial charge in [-0.05, 0) is 25.3 Å². The van der Waals surface area contributed by atoms with Crippen LogP contribution in [0.25, 0.3) is 0 Å². The molecule has 0 amide bonds. The molecular formula is C10H20O3Si. The highest BCUT2D eigenvalue weighted by molar-refractivity contribution is 6.29. The Labute approximate surface area is 88.1 Å². The molecule has 0 spiro atoms. The smallest absolute Gasteiger partial charge is 0.330 e. The first-order chi connectivity index (χ1) is 6.57. The molecule has 0 aliphatic rings. The second-order valence-corrected chi connectivity index (χ2v) is 5.70. The Hall–Kier alpha value is -0.613. The van der Waals surface area contributed by atoms with Crippen LogP contribution in [0.3, 0.4) is 0 Å². The average Bonchev–Trinajstić information content (AvgIpc) is 2.14. The zero-order chi connectivity index (χ0) is 11.0. The maximum Gasteiger partial charge on any atom is 0.330 e. The van der Waals surface area contributed by atoms with E-state index in [4.69, 9.17) is 9.53 Å². The molecule has 1 atom stereocenters. The number of hydrogen-bond acceptors (Lipinski definition) is 2. The van der Waals surface area contributed by atoms with Gasteiger partial charge in [0.05, 0.1) is 0 Å². The minimum Gasteiger partial charge on any atom is -0.478 e. The molecular weight excluding hydrogens is 196 g/mol. The molecule has 0 rings (SSSR count). The second-order valence-electron chi connectivity index (χ2n) is 3.57. The SMILES string of the molecule is C=C(CCCC(C)[SiH2]OCC)C(=O)O. The Morgan fingerprint density at radius 3 is 2.79 bits per heavy atom. The van der Waals surface area contributed by atoms with Crippen LogP contribution >= 0.6 is 0 Å². The third kappa shape index (κ3) is 6.86. The third-order valence-electron chi connectivity index (χ3n) is 2.08. The lowest BCUT2D eigenvalue weighted by atomic mass is 10.1. The average molecular weight is 216 g/mol. The molecule has 0 aliphatic heterocycles. The van der Waals surface area contributed by atoms with Crippen molar-refractivity contribution in [3.8, 4) is 0 Å². The standard InChI is InChI=1S/C10H20O3Si/c1-4-13-14-9(3)7-5-6-8(2)10(11)12/h9H,2,4-7,14H2,1,3H3,(H,11,12). The van der Waals surface area contributed by atoms with Crippen molar-refractivity contribution in [2.45, 2.75) is 38.7 Å². The predicted molar refractivity (Wildman–Crippen MR) is 60.2 cm³/mol. The van der Waals surface area contributed by atoms with E-state index in [0.29, 0.717) is 17.5 Å². The van der Waals surface area contributed by atoms with E-state index < -0.39 is 15.7 Å². The van der Waals surface area contributed by atoms with Crippen LogP contribution in [0.1, 0.15) is 33.1 Å². The monoisotopic (exact) mass is 216 g/mol. The lowest BCUT2D eigenvalue weighted by molar-refractivity contribution is -0.132. The van der Waals surface area contributed by atoms with Crippen molar-refractivity contribution in [2.75, 3.05) is 6.61 Å². The molecule has 1 unspecified atom stereocenters. The van der Waals surface area contributed by atoms with Gasteiger partial charge >= 0.3 is 5.97 Å². The first kappa shape index (κ1) is 13.4. The number of carbonyl (C=O) groups is 1. The Morgan fingerprint density at radius 1 is 1.64 bits per heavy atom. The van der Waals surface area contributed by atoms with Crippen molar-refractivity contribution >= 4 is 15.7 Å². The third-order valence-corrected chi connectivity index (χ3v) is 3.71. The fourth-order valence-electron chi connectivity index (χ4n) is 1.17. The minimum absolute atomic E-state index is 0.315. The van der Waals surface area contributed by atoms with Gasteiger partial charge in [-0.1, -0.05) is 19.9 Å². The highest BCUT2D eigenvalue weighted by Gasteiger charge is 2.06. The lowest BCUT2D eigenvalue weighted by Crippen LogP contribution is -2.06. The number of hydrogen-bond donors (Lipinski definition) is 1. The van der Waals surface area contributed by atoms with Gasteiger partial charge in [-0.3, -0.25) is 0 Å². The maximum atomic E-state index is 10.4. The van der Waals surface area contributed by atoms with E-state index in [1.165, 1.54) is 0 Å². The summed E-state index contributed by atoms with van der Waals surface area (Å²) in [6, 6.07) is 0. The van der Waals surface area contributed by atoms with Crippen molar-refractivity contribution in [3.05, 3.63) is 12.2 Å². The van der Waals surface area contributed by atoms with E-state index in [2.05, 4.69) is 13.5 Å². The zero-order valence-electron chi connectivity index (χ0n) is 9.08. The van der Waals surface area contributed by atoms with Crippen LogP contribution < -0.4 is 0 Å². The largest absolute Gasteiger partial charge is 0.478 e. The summed E-state index contributed by atoms with van der Waals surface area (Å²) in [7, 11) is -0.406. The highest BCUT2D eigenvalue weighted by Crippen LogP contribution is 2.15. The van der Waals surface area contributed by atoms with Crippen LogP contribution in [0.5, 0.6) is 0 Å². The van der Waals surface area contributed by atoms with Gasteiger partial charge in [0.15, 0.2) is 9.76 Å². The molecule has 0 saturated heterocycles. The van der Waals surface area contributed by atoms with Crippen LogP contribution in [0, 0.1) is 0 Å². The quantitative estimate of drug-likeness (QED) is 0.496. The van der Waals surface area contributed by atoms with Gasteiger partial charge in [0.2, 0.25) is 0 Å². The number of aliphatic carboxylic acids is 1. The first-order valence-electron chi connectivity index (χ1n) is 5.06. The Bertz CT molecular complexity index is 192. The van der Waals surface area contributed by atoms with Gasteiger partial charge < -0.3 is 9.53 Å². The molecule has 0 radical (unpaired) electrons. The maximum absolute atomic E-state index is 10.4. The summed E-state index contributed by atoms with van der Waals surface area (Å²) in [5.41, 5.74) is 0.951. The molecule has 0 heterocycles. The first-order valence-corrected chi connectivity index (χ1v) is 6.46. The molecule has 0 fully saturated rings. The molecule has 0 aromatic carbocycles. The highest BCUT2D eigenvalue weighted by atomic mass is 28.2. The summed E-state index contributed by atoms with van der Waals surface area (Å²) < 4.78 is 5.40. The fourth-order valence-corrected chi connectivity index (χ4v) is 2.27. The summed E-state index contributed by atoms with van der Waals surface area (Å²) in [5.74, 6) is -0.875. The van der Waals surface area contributed by atoms with E-state index in [0.717, 1.165) is 19.4 Å². The molecule has 4 heteroatoms. The number of carboxylic acids is 1. The summed E-state index contributed by atoms with van der Waals surface area (Å²) >= 11 is 0. The van der Waals surface area contributed by atoms with Crippen molar-refractivity contribution in [2.24, 2.45) is 0 Å². The molecule has 3 nitrogen and oxygen atoms in total. The summed E-state index contributed by atoms with van der Waals surface area (Å²) in [6.07, 6.45) is 2.56. The Kier molecular flexibility index (Phi) is 7.42. The van der Waals surface area contributed by atoms with Crippen molar-refractivity contribution < 1.29 is 14.3 Å². The molecule has 0 aromatic rings. The molecule has 82 valence electrons. The van der Waals surface area contributed by atoms with Crippen LogP contribution in [-0.2, 0) is 9.22 Å². The zero-order valence-corrected chi connectivity index (χ0v) is 10.5. The van der Waals surface area contributed by atoms with E-state index in [-0.39, 0.29) is 0 Å². The van der Waals surface area contributed by atoms with E-state index in [1.807, 2.05) is 6.92 Å². The van der Waals surface area contributed by atoms with Crippen LogP contribution in [0.15, 0.2) is 12.2 Å². The van der Waals surface area contributed by atoms with Gasteiger partial charge in [-0.2, -0.15) is 0 Å². The normalized spacial score (nSPS) is 13.3. The van der Waals surface area contributed by atoms with E-state index in [9.17, 15) is 4.79 Å². The topological polar surface area (TPSA) is 46.5 Å². The van der Waals surface area contributed by atoms with Gasteiger partial charge in [-0.25, -0.2) is 4.79 Å². The van der Waals surface area contributed by atoms with E-state index in [1.54, 1.807) is 0 Å². The van der Waals surface area contributed by atoms with Crippen molar-refractivity contribution in [1.82, 2.24) is 0 Å². The van der Waals surface area contributed by atoms with E-state index >= 15 is 0 Å². The summed E-state index contributed by atoms with van der Waals surface area (Å²) in [5, 5.41) is 8.57. The predicted octanol–water partition coefficient (Wildman–Crippen LogP) is 1.73. The van der Waals surface area contributed by atoms with Gasteiger partial charge in [0, 0.05) is 12.2 Å². The molecule has 0 bridgehead atoms. The van der Waals surface area contributed by atoms with Gasteiger partial charge in [0.25, 0.3) is 0 Å².